The fourth-order valence-electron chi connectivity index (χ4n) is 1.31. The maximum atomic E-state index is 10.8. The zero-order valence-electron chi connectivity index (χ0n) is 9.25. The van der Waals surface area contributed by atoms with E-state index in [1.807, 2.05) is 12.3 Å². The Morgan fingerprint density at radius 3 is 2.94 bits per heavy atom. The van der Waals surface area contributed by atoms with Crippen molar-refractivity contribution in [1.82, 2.24) is 15.0 Å². The van der Waals surface area contributed by atoms with E-state index in [9.17, 15) is 10.1 Å². The first-order chi connectivity index (χ1) is 8.58. The molecule has 0 unspecified atom stereocenters. The SMILES string of the molecule is Cc1nc(CNc2ncnc(Cl)c2[N+](=O)[O-])cs1. The van der Waals surface area contributed by atoms with Crippen molar-refractivity contribution in [3.63, 3.8) is 0 Å². The van der Waals surface area contributed by atoms with Gasteiger partial charge in [-0.15, -0.1) is 11.3 Å². The van der Waals surface area contributed by atoms with Gasteiger partial charge in [0.15, 0.2) is 0 Å². The minimum absolute atomic E-state index is 0.0886. The van der Waals surface area contributed by atoms with E-state index in [0.717, 1.165) is 10.7 Å². The van der Waals surface area contributed by atoms with Gasteiger partial charge in [0.05, 0.1) is 22.2 Å². The number of hydrogen-bond donors (Lipinski definition) is 1. The molecule has 1 N–H and O–H groups in total. The van der Waals surface area contributed by atoms with Gasteiger partial charge in [0, 0.05) is 5.38 Å². The van der Waals surface area contributed by atoms with Crippen molar-refractivity contribution in [2.75, 3.05) is 5.32 Å². The van der Waals surface area contributed by atoms with Crippen LogP contribution in [0.5, 0.6) is 0 Å². The van der Waals surface area contributed by atoms with Crippen molar-refractivity contribution in [3.8, 4) is 0 Å². The minimum atomic E-state index is -0.614. The molecule has 94 valence electrons. The molecule has 18 heavy (non-hydrogen) atoms. The normalized spacial score (nSPS) is 10.3. The van der Waals surface area contributed by atoms with Crippen LogP contribution in [0.15, 0.2) is 11.7 Å². The molecule has 0 aromatic carbocycles. The standard InChI is InChI=1S/C9H8ClN5O2S/c1-5-14-6(3-18-5)2-11-9-7(15(16)17)8(10)12-4-13-9/h3-4H,2H2,1H3,(H,11,12,13). The molecule has 0 saturated carbocycles. The third kappa shape index (κ3) is 2.71. The number of halogens is 1. The van der Waals surface area contributed by atoms with E-state index in [-0.39, 0.29) is 16.7 Å². The van der Waals surface area contributed by atoms with Crippen LogP contribution >= 0.6 is 22.9 Å². The van der Waals surface area contributed by atoms with Gasteiger partial charge in [0.2, 0.25) is 11.0 Å². The Morgan fingerprint density at radius 1 is 1.56 bits per heavy atom. The van der Waals surface area contributed by atoms with Crippen LogP contribution in [0, 0.1) is 17.0 Å². The molecule has 2 aromatic rings. The van der Waals surface area contributed by atoms with Crippen molar-refractivity contribution in [1.29, 1.82) is 0 Å². The van der Waals surface area contributed by atoms with E-state index in [4.69, 9.17) is 11.6 Å². The van der Waals surface area contributed by atoms with Crippen LogP contribution in [-0.2, 0) is 6.54 Å². The summed E-state index contributed by atoms with van der Waals surface area (Å²) < 4.78 is 0. The smallest absolute Gasteiger partial charge is 0.348 e. The minimum Gasteiger partial charge on any atom is -0.359 e. The predicted molar refractivity (Wildman–Crippen MR) is 67.9 cm³/mol. The topological polar surface area (TPSA) is 93.8 Å². The van der Waals surface area contributed by atoms with E-state index < -0.39 is 4.92 Å². The van der Waals surface area contributed by atoms with Crippen LogP contribution in [0.1, 0.15) is 10.7 Å². The first-order valence-electron chi connectivity index (χ1n) is 4.87. The number of aryl methyl sites for hydroxylation is 1. The Hall–Kier alpha value is -1.80. The largest absolute Gasteiger partial charge is 0.359 e. The number of nitrogens with one attached hydrogen (secondary N) is 1. The summed E-state index contributed by atoms with van der Waals surface area (Å²) in [6, 6.07) is 0. The van der Waals surface area contributed by atoms with Crippen molar-refractivity contribution in [2.45, 2.75) is 13.5 Å². The second-order valence-electron chi connectivity index (χ2n) is 3.33. The molecule has 2 rings (SSSR count). The highest BCUT2D eigenvalue weighted by Gasteiger charge is 2.21. The number of rotatable bonds is 4. The van der Waals surface area contributed by atoms with Crippen LogP contribution in [-0.4, -0.2) is 19.9 Å². The van der Waals surface area contributed by atoms with Crippen LogP contribution in [0.25, 0.3) is 0 Å². The quantitative estimate of drug-likeness (QED) is 0.527. The molecule has 0 fully saturated rings. The lowest BCUT2D eigenvalue weighted by Gasteiger charge is -2.04. The van der Waals surface area contributed by atoms with Gasteiger partial charge in [-0.3, -0.25) is 10.1 Å². The van der Waals surface area contributed by atoms with Gasteiger partial charge in [-0.2, -0.15) is 0 Å². The second-order valence-corrected chi connectivity index (χ2v) is 4.75. The lowest BCUT2D eigenvalue weighted by Crippen LogP contribution is -2.06. The average Bonchev–Trinajstić information content (AvgIpc) is 2.72. The Morgan fingerprint density at radius 2 is 2.33 bits per heavy atom. The zero-order valence-corrected chi connectivity index (χ0v) is 10.8. The van der Waals surface area contributed by atoms with Gasteiger partial charge in [0.25, 0.3) is 0 Å². The molecule has 9 heteroatoms. The van der Waals surface area contributed by atoms with Crippen molar-refractivity contribution in [3.05, 3.63) is 37.7 Å². The van der Waals surface area contributed by atoms with Crippen molar-refractivity contribution in [2.24, 2.45) is 0 Å². The van der Waals surface area contributed by atoms with Crippen molar-refractivity contribution < 1.29 is 4.92 Å². The molecular formula is C9H8ClN5O2S. The van der Waals surface area contributed by atoms with Gasteiger partial charge in [-0.25, -0.2) is 15.0 Å². The molecule has 0 aliphatic rings. The first-order valence-corrected chi connectivity index (χ1v) is 6.13. The molecule has 0 atom stereocenters. The van der Waals surface area contributed by atoms with Crippen molar-refractivity contribution >= 4 is 34.4 Å². The number of anilines is 1. The highest BCUT2D eigenvalue weighted by Crippen LogP contribution is 2.28. The zero-order chi connectivity index (χ0) is 13.1. The van der Waals surface area contributed by atoms with Gasteiger partial charge in [-0.05, 0) is 6.92 Å². The van der Waals surface area contributed by atoms with E-state index in [1.165, 1.54) is 17.7 Å². The Kier molecular flexibility index (Phi) is 3.68. The Labute approximate surface area is 111 Å². The second kappa shape index (κ2) is 5.23. The van der Waals surface area contributed by atoms with Crippen LogP contribution in [0.2, 0.25) is 5.15 Å². The highest BCUT2D eigenvalue weighted by molar-refractivity contribution is 7.09. The summed E-state index contributed by atoms with van der Waals surface area (Å²) >= 11 is 7.17. The molecule has 0 bridgehead atoms. The third-order valence-corrected chi connectivity index (χ3v) is 3.16. The maximum Gasteiger partial charge on any atom is 0.348 e. The van der Waals surface area contributed by atoms with Crippen LogP contribution in [0.4, 0.5) is 11.5 Å². The molecule has 0 aliphatic carbocycles. The lowest BCUT2D eigenvalue weighted by molar-refractivity contribution is -0.384. The lowest BCUT2D eigenvalue weighted by atomic mass is 10.4. The summed E-state index contributed by atoms with van der Waals surface area (Å²) in [7, 11) is 0. The molecule has 0 amide bonds. The summed E-state index contributed by atoms with van der Waals surface area (Å²) in [5.41, 5.74) is 0.465. The summed E-state index contributed by atoms with van der Waals surface area (Å²) in [6.45, 7) is 2.23. The molecule has 7 nitrogen and oxygen atoms in total. The number of hydrogen-bond acceptors (Lipinski definition) is 7. The van der Waals surface area contributed by atoms with Crippen LogP contribution < -0.4 is 5.32 Å². The van der Waals surface area contributed by atoms with Gasteiger partial charge in [0.1, 0.15) is 6.33 Å². The number of aromatic nitrogens is 3. The van der Waals surface area contributed by atoms with E-state index >= 15 is 0 Å². The van der Waals surface area contributed by atoms with E-state index in [2.05, 4.69) is 20.3 Å². The molecular weight excluding hydrogens is 278 g/mol. The number of thiazole rings is 1. The number of nitro groups is 1. The molecule has 0 radical (unpaired) electrons. The summed E-state index contributed by atoms with van der Waals surface area (Å²) in [5.74, 6) is 0.0886. The summed E-state index contributed by atoms with van der Waals surface area (Å²) in [6.07, 6.45) is 1.17. The van der Waals surface area contributed by atoms with E-state index in [0.29, 0.717) is 6.54 Å². The molecule has 0 saturated heterocycles. The number of nitrogens with zero attached hydrogens (tertiary/aromatic N) is 4. The summed E-state index contributed by atoms with van der Waals surface area (Å²) in [5, 5.41) is 16.3. The Bertz CT molecular complexity index is 588. The van der Waals surface area contributed by atoms with E-state index in [1.54, 1.807) is 0 Å². The molecule has 2 aromatic heterocycles. The average molecular weight is 286 g/mol. The fraction of sp³-hybridized carbons (Fsp3) is 0.222. The fourth-order valence-corrected chi connectivity index (χ4v) is 2.13. The van der Waals surface area contributed by atoms with Crippen LogP contribution in [0.3, 0.4) is 0 Å². The molecule has 0 aliphatic heterocycles. The molecule has 0 spiro atoms. The highest BCUT2D eigenvalue weighted by atomic mass is 35.5. The third-order valence-electron chi connectivity index (χ3n) is 2.06. The Balaban J connectivity index is 2.19. The first kappa shape index (κ1) is 12.7. The summed E-state index contributed by atoms with van der Waals surface area (Å²) in [4.78, 5) is 21.9. The monoisotopic (exact) mass is 285 g/mol. The predicted octanol–water partition coefficient (Wildman–Crippen LogP) is 2.42. The molecule has 2 heterocycles. The maximum absolute atomic E-state index is 10.8. The van der Waals surface area contributed by atoms with Gasteiger partial charge < -0.3 is 5.32 Å². The van der Waals surface area contributed by atoms with Gasteiger partial charge >= 0.3 is 5.69 Å². The van der Waals surface area contributed by atoms with Gasteiger partial charge in [-0.1, -0.05) is 11.6 Å².